The van der Waals surface area contributed by atoms with Crippen LogP contribution >= 0.6 is 0 Å². The van der Waals surface area contributed by atoms with Crippen LogP contribution in [0.2, 0.25) is 0 Å². The van der Waals surface area contributed by atoms with Crippen molar-refractivity contribution in [2.24, 2.45) is 5.92 Å². The van der Waals surface area contributed by atoms with Crippen LogP contribution in [-0.2, 0) is 19.8 Å². The summed E-state index contributed by atoms with van der Waals surface area (Å²) in [6.45, 7) is 7.20. The number of amides is 1. The number of likely N-dealkylation sites (tertiary alicyclic amines) is 1. The van der Waals surface area contributed by atoms with E-state index in [2.05, 4.69) is 32.9 Å². The van der Waals surface area contributed by atoms with Gasteiger partial charge in [-0.3, -0.25) is 4.79 Å². The molecule has 1 aromatic rings. The summed E-state index contributed by atoms with van der Waals surface area (Å²) < 4.78 is 11.1. The SMILES string of the molecule is CCCOC1C(=O)N(COC)C1(c1ccccc1)C(C)C. The number of benzene rings is 1. The molecule has 0 spiro atoms. The lowest BCUT2D eigenvalue weighted by Crippen LogP contribution is -2.75. The van der Waals surface area contributed by atoms with Crippen LogP contribution in [-0.4, -0.2) is 37.4 Å². The molecule has 1 amide bonds. The molecule has 4 nitrogen and oxygen atoms in total. The fourth-order valence-corrected chi connectivity index (χ4v) is 3.28. The summed E-state index contributed by atoms with van der Waals surface area (Å²) >= 11 is 0. The number of ether oxygens (including phenoxy) is 2. The van der Waals surface area contributed by atoms with E-state index in [0.29, 0.717) is 6.61 Å². The average Bonchev–Trinajstić information content (AvgIpc) is 2.49. The normalized spacial score (nSPS) is 25.3. The van der Waals surface area contributed by atoms with Gasteiger partial charge >= 0.3 is 0 Å². The van der Waals surface area contributed by atoms with Crippen LogP contribution in [0.1, 0.15) is 32.8 Å². The predicted octanol–water partition coefficient (Wildman–Crippen LogP) is 2.78. The molecule has 0 aromatic heterocycles. The molecule has 21 heavy (non-hydrogen) atoms. The van der Waals surface area contributed by atoms with Crippen LogP contribution in [0.3, 0.4) is 0 Å². The Morgan fingerprint density at radius 2 is 1.95 bits per heavy atom. The topological polar surface area (TPSA) is 38.8 Å². The predicted molar refractivity (Wildman–Crippen MR) is 81.7 cm³/mol. The van der Waals surface area contributed by atoms with E-state index in [4.69, 9.17) is 9.47 Å². The maximum atomic E-state index is 12.5. The molecule has 1 saturated heterocycles. The van der Waals surface area contributed by atoms with Crippen molar-refractivity contribution < 1.29 is 14.3 Å². The Bertz CT molecular complexity index is 474. The van der Waals surface area contributed by atoms with Gasteiger partial charge in [-0.05, 0) is 17.9 Å². The second-order valence-corrected chi connectivity index (χ2v) is 5.78. The molecule has 0 bridgehead atoms. The van der Waals surface area contributed by atoms with E-state index >= 15 is 0 Å². The lowest BCUT2D eigenvalue weighted by atomic mass is 9.68. The molecule has 0 aliphatic carbocycles. The molecule has 0 saturated carbocycles. The Labute approximate surface area is 127 Å². The number of methoxy groups -OCH3 is 1. The first-order chi connectivity index (χ1) is 10.1. The molecule has 2 unspecified atom stereocenters. The van der Waals surface area contributed by atoms with Crippen molar-refractivity contribution >= 4 is 5.91 Å². The van der Waals surface area contributed by atoms with E-state index in [1.807, 2.05) is 18.2 Å². The maximum Gasteiger partial charge on any atom is 0.257 e. The van der Waals surface area contributed by atoms with Gasteiger partial charge < -0.3 is 14.4 Å². The summed E-state index contributed by atoms with van der Waals surface area (Å²) in [6.07, 6.45) is 0.479. The summed E-state index contributed by atoms with van der Waals surface area (Å²) in [5.74, 6) is 0.248. The fourth-order valence-electron chi connectivity index (χ4n) is 3.28. The number of nitrogens with zero attached hydrogens (tertiary/aromatic N) is 1. The van der Waals surface area contributed by atoms with Crippen LogP contribution < -0.4 is 0 Å². The zero-order valence-electron chi connectivity index (χ0n) is 13.3. The smallest absolute Gasteiger partial charge is 0.257 e. The minimum Gasteiger partial charge on any atom is -0.366 e. The minimum absolute atomic E-state index is 0.0165. The van der Waals surface area contributed by atoms with Crippen LogP contribution in [0.4, 0.5) is 0 Å². The van der Waals surface area contributed by atoms with Crippen molar-refractivity contribution in [3.63, 3.8) is 0 Å². The summed E-state index contributed by atoms with van der Waals surface area (Å²) in [6, 6.07) is 10.1. The second-order valence-electron chi connectivity index (χ2n) is 5.78. The summed E-state index contributed by atoms with van der Waals surface area (Å²) in [7, 11) is 1.61. The first-order valence-electron chi connectivity index (χ1n) is 7.58. The third-order valence-electron chi connectivity index (χ3n) is 4.20. The second kappa shape index (κ2) is 6.58. The van der Waals surface area contributed by atoms with E-state index in [-0.39, 0.29) is 18.6 Å². The van der Waals surface area contributed by atoms with E-state index in [1.54, 1.807) is 12.0 Å². The molecule has 116 valence electrons. The van der Waals surface area contributed by atoms with Crippen molar-refractivity contribution in [1.82, 2.24) is 4.90 Å². The highest BCUT2D eigenvalue weighted by Crippen LogP contribution is 2.48. The quantitative estimate of drug-likeness (QED) is 0.725. The molecule has 1 aromatic carbocycles. The third kappa shape index (κ3) is 2.47. The van der Waals surface area contributed by atoms with Gasteiger partial charge in [-0.1, -0.05) is 51.1 Å². The zero-order valence-corrected chi connectivity index (χ0v) is 13.3. The van der Waals surface area contributed by atoms with E-state index in [1.165, 1.54) is 0 Å². The summed E-state index contributed by atoms with van der Waals surface area (Å²) in [5.41, 5.74) is 0.668. The van der Waals surface area contributed by atoms with Gasteiger partial charge in [0, 0.05) is 13.7 Å². The highest BCUT2D eigenvalue weighted by molar-refractivity contribution is 5.91. The molecule has 0 radical (unpaired) electrons. The van der Waals surface area contributed by atoms with E-state index in [0.717, 1.165) is 12.0 Å². The zero-order chi connectivity index (χ0) is 15.5. The van der Waals surface area contributed by atoms with Crippen LogP contribution in [0.15, 0.2) is 30.3 Å². The highest BCUT2D eigenvalue weighted by atomic mass is 16.5. The molecular weight excluding hydrogens is 266 g/mol. The van der Waals surface area contributed by atoms with Gasteiger partial charge in [0.05, 0.1) is 0 Å². The highest BCUT2D eigenvalue weighted by Gasteiger charge is 2.63. The molecule has 0 N–H and O–H groups in total. The lowest BCUT2D eigenvalue weighted by molar-refractivity contribution is -0.220. The summed E-state index contributed by atoms with van der Waals surface area (Å²) in [4.78, 5) is 14.3. The summed E-state index contributed by atoms with van der Waals surface area (Å²) in [5, 5.41) is 0. The van der Waals surface area contributed by atoms with E-state index < -0.39 is 11.6 Å². The Morgan fingerprint density at radius 1 is 1.29 bits per heavy atom. The van der Waals surface area contributed by atoms with Gasteiger partial charge in [-0.25, -0.2) is 0 Å². The van der Waals surface area contributed by atoms with Crippen molar-refractivity contribution in [1.29, 1.82) is 0 Å². The Kier molecular flexibility index (Phi) is 5.01. The van der Waals surface area contributed by atoms with Gasteiger partial charge in [0.15, 0.2) is 6.10 Å². The van der Waals surface area contributed by atoms with Crippen LogP contribution in [0.5, 0.6) is 0 Å². The molecule has 1 heterocycles. The molecule has 1 aliphatic rings. The molecule has 2 rings (SSSR count). The standard InChI is InChI=1S/C17H25NO3/c1-5-11-21-15-16(19)18(12-20-4)17(15,13(2)3)14-9-7-6-8-10-14/h6-10,13,15H,5,11-12H2,1-4H3. The lowest BCUT2D eigenvalue weighted by Gasteiger charge is -2.59. The first-order valence-corrected chi connectivity index (χ1v) is 7.58. The van der Waals surface area contributed by atoms with Crippen molar-refractivity contribution in [3.05, 3.63) is 35.9 Å². The van der Waals surface area contributed by atoms with Crippen molar-refractivity contribution in [3.8, 4) is 0 Å². The van der Waals surface area contributed by atoms with E-state index in [9.17, 15) is 4.79 Å². The number of rotatable bonds is 7. The van der Waals surface area contributed by atoms with Gasteiger partial charge in [0.1, 0.15) is 12.3 Å². The van der Waals surface area contributed by atoms with Crippen molar-refractivity contribution in [2.75, 3.05) is 20.4 Å². The Morgan fingerprint density at radius 3 is 2.48 bits per heavy atom. The largest absolute Gasteiger partial charge is 0.366 e. The number of carbonyl (C=O) groups excluding carboxylic acids is 1. The van der Waals surface area contributed by atoms with Gasteiger partial charge in [-0.15, -0.1) is 0 Å². The maximum absolute atomic E-state index is 12.5. The van der Waals surface area contributed by atoms with Gasteiger partial charge in [0.25, 0.3) is 5.91 Å². The molecule has 2 atom stereocenters. The third-order valence-corrected chi connectivity index (χ3v) is 4.20. The van der Waals surface area contributed by atoms with Crippen molar-refractivity contribution in [2.45, 2.75) is 38.8 Å². The Hall–Kier alpha value is -1.39. The van der Waals surface area contributed by atoms with Gasteiger partial charge in [0.2, 0.25) is 0 Å². The Balaban J connectivity index is 2.44. The first kappa shape index (κ1) is 16.0. The molecule has 1 fully saturated rings. The number of hydrogen-bond donors (Lipinski definition) is 0. The number of hydrogen-bond acceptors (Lipinski definition) is 3. The molecule has 1 aliphatic heterocycles. The minimum atomic E-state index is -0.441. The molecule has 4 heteroatoms. The average molecular weight is 291 g/mol. The monoisotopic (exact) mass is 291 g/mol. The van der Waals surface area contributed by atoms with Gasteiger partial charge in [-0.2, -0.15) is 0 Å². The molecular formula is C17H25NO3. The van der Waals surface area contributed by atoms with Crippen LogP contribution in [0, 0.1) is 5.92 Å². The number of β-lactam (4-membered cyclic amide) rings is 1. The fraction of sp³-hybridized carbons (Fsp3) is 0.588. The number of carbonyl (C=O) groups is 1. The van der Waals surface area contributed by atoms with Crippen LogP contribution in [0.25, 0.3) is 0 Å².